The van der Waals surface area contributed by atoms with Gasteiger partial charge < -0.3 is 10.1 Å². The lowest BCUT2D eigenvalue weighted by atomic mass is 10.1. The zero-order chi connectivity index (χ0) is 18.5. The van der Waals surface area contributed by atoms with E-state index in [0.717, 1.165) is 42.8 Å². The van der Waals surface area contributed by atoms with Crippen LogP contribution in [0.5, 0.6) is 5.75 Å². The van der Waals surface area contributed by atoms with E-state index in [-0.39, 0.29) is 24.2 Å². The van der Waals surface area contributed by atoms with Crippen molar-refractivity contribution in [3.8, 4) is 5.75 Å². The van der Waals surface area contributed by atoms with Crippen molar-refractivity contribution in [3.63, 3.8) is 0 Å². The van der Waals surface area contributed by atoms with Gasteiger partial charge in [0.05, 0.1) is 12.6 Å². The molecule has 0 radical (unpaired) electrons. The first-order chi connectivity index (χ1) is 12.6. The maximum Gasteiger partial charge on any atom is 0.346 e. The number of fused-ring (bicyclic) bond motifs is 1. The van der Waals surface area contributed by atoms with Crippen LogP contribution in [0.2, 0.25) is 0 Å². The van der Waals surface area contributed by atoms with Crippen LogP contribution < -0.4 is 15.7 Å². The van der Waals surface area contributed by atoms with Crippen LogP contribution in [0.15, 0.2) is 29.1 Å². The first-order valence-electron chi connectivity index (χ1n) is 9.27. The summed E-state index contributed by atoms with van der Waals surface area (Å²) < 4.78 is 8.41. The molecule has 2 aromatic rings. The Kier molecular flexibility index (Phi) is 5.75. The van der Waals surface area contributed by atoms with E-state index in [1.807, 2.05) is 38.1 Å². The van der Waals surface area contributed by atoms with Gasteiger partial charge in [0.2, 0.25) is 5.91 Å². The minimum Gasteiger partial charge on any atom is -0.494 e. The number of nitrogens with one attached hydrogen (secondary N) is 1. The molecule has 7 nitrogen and oxygen atoms in total. The fraction of sp³-hybridized carbons (Fsp3) is 0.526. The Bertz CT molecular complexity index is 807. The Balaban J connectivity index is 1.62. The lowest BCUT2D eigenvalue weighted by Gasteiger charge is -2.14. The summed E-state index contributed by atoms with van der Waals surface area (Å²) in [6, 6.07) is 7.48. The van der Waals surface area contributed by atoms with E-state index in [1.165, 1.54) is 4.68 Å². The first-order valence-corrected chi connectivity index (χ1v) is 9.27. The number of nitrogens with zero attached hydrogens (tertiary/aromatic N) is 3. The molecule has 0 spiro atoms. The molecule has 1 aliphatic heterocycles. The van der Waals surface area contributed by atoms with Gasteiger partial charge in [0.15, 0.2) is 0 Å². The molecule has 0 bridgehead atoms. The molecular formula is C19H26N4O3. The van der Waals surface area contributed by atoms with Gasteiger partial charge in [0, 0.05) is 13.0 Å². The average molecular weight is 358 g/mol. The molecule has 0 aliphatic carbocycles. The predicted octanol–water partition coefficient (Wildman–Crippen LogP) is 2.05. The number of aromatic nitrogens is 3. The highest BCUT2D eigenvalue weighted by molar-refractivity contribution is 5.76. The number of carbonyl (C=O) groups excluding carboxylic acids is 1. The molecular weight excluding hydrogens is 332 g/mol. The van der Waals surface area contributed by atoms with Crippen LogP contribution in [0.4, 0.5) is 0 Å². The van der Waals surface area contributed by atoms with Crippen molar-refractivity contribution < 1.29 is 9.53 Å². The smallest absolute Gasteiger partial charge is 0.346 e. The van der Waals surface area contributed by atoms with E-state index in [9.17, 15) is 9.59 Å². The van der Waals surface area contributed by atoms with Crippen molar-refractivity contribution in [2.45, 2.75) is 58.7 Å². The molecule has 1 atom stereocenters. The summed E-state index contributed by atoms with van der Waals surface area (Å²) in [5.41, 5.74) is 0.792. The minimum absolute atomic E-state index is 0.0554. The largest absolute Gasteiger partial charge is 0.494 e. The summed E-state index contributed by atoms with van der Waals surface area (Å²) in [5, 5.41) is 7.28. The highest BCUT2D eigenvalue weighted by atomic mass is 16.5. The van der Waals surface area contributed by atoms with Crippen molar-refractivity contribution in [2.75, 3.05) is 6.61 Å². The molecule has 0 saturated carbocycles. The molecule has 0 fully saturated rings. The molecule has 3 rings (SSSR count). The SMILES string of the molecule is CCOc1ccc(C(C)NC(=O)Cn2nc3n(c2=O)CCCCC3)cc1. The molecule has 1 aliphatic rings. The van der Waals surface area contributed by atoms with Gasteiger partial charge in [0.25, 0.3) is 0 Å². The summed E-state index contributed by atoms with van der Waals surface area (Å²) in [7, 11) is 0. The molecule has 2 heterocycles. The number of ether oxygens (including phenoxy) is 1. The van der Waals surface area contributed by atoms with E-state index in [0.29, 0.717) is 13.2 Å². The third-order valence-corrected chi connectivity index (χ3v) is 4.64. The fourth-order valence-corrected chi connectivity index (χ4v) is 3.25. The topological polar surface area (TPSA) is 78.2 Å². The van der Waals surface area contributed by atoms with Crippen LogP contribution in [0.1, 0.15) is 50.5 Å². The number of hydrogen-bond acceptors (Lipinski definition) is 4. The average Bonchev–Trinajstić information content (AvgIpc) is 2.79. The summed E-state index contributed by atoms with van der Waals surface area (Å²) in [4.78, 5) is 24.8. The van der Waals surface area contributed by atoms with Gasteiger partial charge in [-0.05, 0) is 44.4 Å². The summed E-state index contributed by atoms with van der Waals surface area (Å²) in [5.74, 6) is 1.38. The Morgan fingerprint density at radius 3 is 2.77 bits per heavy atom. The normalized spacial score (nSPS) is 15.0. The number of amides is 1. The number of aryl methyl sites for hydroxylation is 1. The minimum atomic E-state index is -0.221. The Morgan fingerprint density at radius 1 is 1.27 bits per heavy atom. The maximum absolute atomic E-state index is 12.4. The lowest BCUT2D eigenvalue weighted by molar-refractivity contribution is -0.122. The standard InChI is InChI=1S/C19H26N4O3/c1-3-26-16-10-8-15(9-11-16)14(2)20-18(24)13-23-19(25)22-12-6-4-5-7-17(22)21-23/h8-11,14H,3-7,12-13H2,1-2H3,(H,20,24). The van der Waals surface area contributed by atoms with Crippen LogP contribution >= 0.6 is 0 Å². The van der Waals surface area contributed by atoms with Crippen LogP contribution in [0.3, 0.4) is 0 Å². The van der Waals surface area contributed by atoms with Gasteiger partial charge in [-0.1, -0.05) is 18.6 Å². The van der Waals surface area contributed by atoms with Crippen LogP contribution in [0, 0.1) is 0 Å². The van der Waals surface area contributed by atoms with E-state index < -0.39 is 0 Å². The van der Waals surface area contributed by atoms with Gasteiger partial charge in [-0.25, -0.2) is 9.48 Å². The third kappa shape index (κ3) is 4.15. The van der Waals surface area contributed by atoms with Gasteiger partial charge in [-0.3, -0.25) is 9.36 Å². The first kappa shape index (κ1) is 18.2. The highest BCUT2D eigenvalue weighted by Crippen LogP contribution is 2.17. The predicted molar refractivity (Wildman–Crippen MR) is 98.2 cm³/mol. The van der Waals surface area contributed by atoms with E-state index in [1.54, 1.807) is 4.57 Å². The number of carbonyl (C=O) groups is 1. The second-order valence-corrected chi connectivity index (χ2v) is 6.61. The van der Waals surface area contributed by atoms with Gasteiger partial charge in [0.1, 0.15) is 18.1 Å². The number of rotatable bonds is 6. The van der Waals surface area contributed by atoms with Crippen LogP contribution in [0.25, 0.3) is 0 Å². The van der Waals surface area contributed by atoms with Crippen molar-refractivity contribution in [1.29, 1.82) is 0 Å². The van der Waals surface area contributed by atoms with Crippen molar-refractivity contribution in [1.82, 2.24) is 19.7 Å². The van der Waals surface area contributed by atoms with Gasteiger partial charge in [-0.15, -0.1) is 0 Å². The quantitative estimate of drug-likeness (QED) is 0.857. The van der Waals surface area contributed by atoms with Crippen molar-refractivity contribution in [2.24, 2.45) is 0 Å². The summed E-state index contributed by atoms with van der Waals surface area (Å²) in [6.07, 6.45) is 3.94. The maximum atomic E-state index is 12.4. The van der Waals surface area contributed by atoms with Crippen LogP contribution in [-0.2, 0) is 24.3 Å². The fourth-order valence-electron chi connectivity index (χ4n) is 3.25. The van der Waals surface area contributed by atoms with E-state index >= 15 is 0 Å². The van der Waals surface area contributed by atoms with E-state index in [2.05, 4.69) is 10.4 Å². The highest BCUT2D eigenvalue weighted by Gasteiger charge is 2.18. The monoisotopic (exact) mass is 358 g/mol. The Labute approximate surface area is 153 Å². The second-order valence-electron chi connectivity index (χ2n) is 6.61. The molecule has 1 aromatic carbocycles. The molecule has 7 heteroatoms. The zero-order valence-electron chi connectivity index (χ0n) is 15.4. The molecule has 1 aromatic heterocycles. The molecule has 26 heavy (non-hydrogen) atoms. The molecule has 1 N–H and O–H groups in total. The summed E-state index contributed by atoms with van der Waals surface area (Å²) in [6.45, 7) is 5.11. The molecule has 140 valence electrons. The third-order valence-electron chi connectivity index (χ3n) is 4.64. The van der Waals surface area contributed by atoms with Crippen LogP contribution in [-0.4, -0.2) is 26.9 Å². The second kappa shape index (κ2) is 8.21. The van der Waals surface area contributed by atoms with E-state index in [4.69, 9.17) is 4.74 Å². The Hall–Kier alpha value is -2.57. The summed E-state index contributed by atoms with van der Waals surface area (Å²) >= 11 is 0. The molecule has 1 amide bonds. The van der Waals surface area contributed by atoms with Gasteiger partial charge >= 0.3 is 5.69 Å². The zero-order valence-corrected chi connectivity index (χ0v) is 15.4. The lowest BCUT2D eigenvalue weighted by Crippen LogP contribution is -2.35. The number of hydrogen-bond donors (Lipinski definition) is 1. The van der Waals surface area contributed by atoms with Crippen molar-refractivity contribution >= 4 is 5.91 Å². The molecule has 0 saturated heterocycles. The molecule has 1 unspecified atom stereocenters. The van der Waals surface area contributed by atoms with Gasteiger partial charge in [-0.2, -0.15) is 5.10 Å². The number of benzene rings is 1. The van der Waals surface area contributed by atoms with Crippen molar-refractivity contribution in [3.05, 3.63) is 46.1 Å². The Morgan fingerprint density at radius 2 is 2.04 bits per heavy atom.